The van der Waals surface area contributed by atoms with Gasteiger partial charge in [-0.25, -0.2) is 0 Å². The van der Waals surface area contributed by atoms with Crippen LogP contribution < -0.4 is 0 Å². The summed E-state index contributed by atoms with van der Waals surface area (Å²) in [6.07, 6.45) is 0. The van der Waals surface area contributed by atoms with Crippen molar-refractivity contribution < 1.29 is 0 Å². The molecule has 1 aromatic rings. The van der Waals surface area contributed by atoms with Gasteiger partial charge in [-0.1, -0.05) is 0 Å². The van der Waals surface area contributed by atoms with E-state index in [9.17, 15) is 0 Å². The summed E-state index contributed by atoms with van der Waals surface area (Å²) in [5, 5.41) is 1.41. The van der Waals surface area contributed by atoms with Gasteiger partial charge in [0.1, 0.15) is 0 Å². The molecule has 0 N–H and O–H groups in total. The van der Waals surface area contributed by atoms with Crippen molar-refractivity contribution in [2.75, 3.05) is 0 Å². The van der Waals surface area contributed by atoms with Gasteiger partial charge in [-0.15, -0.1) is 0 Å². The van der Waals surface area contributed by atoms with Crippen LogP contribution in [0, 0.1) is 0 Å². The third-order valence-electron chi connectivity index (χ3n) is 10.3. The van der Waals surface area contributed by atoms with Gasteiger partial charge in [-0.05, 0) is 0 Å². The molecule has 32 heavy (non-hydrogen) atoms. The minimum absolute atomic E-state index is 0.0673. The van der Waals surface area contributed by atoms with Crippen LogP contribution >= 0.6 is 0 Å². The Hall–Kier alpha value is 0.587. The molecule has 6 heteroatoms. The van der Waals surface area contributed by atoms with E-state index in [1.54, 1.807) is 5.56 Å². The molecule has 0 bridgehead atoms. The molecule has 1 aliphatic rings. The van der Waals surface area contributed by atoms with Gasteiger partial charge in [0.15, 0.2) is 0 Å². The second kappa shape index (κ2) is 8.61. The van der Waals surface area contributed by atoms with E-state index >= 15 is 0 Å². The molecule has 0 spiro atoms. The van der Waals surface area contributed by atoms with E-state index in [-0.39, 0.29) is 20.2 Å². The summed E-state index contributed by atoms with van der Waals surface area (Å²) in [4.78, 5) is 0. The van der Waals surface area contributed by atoms with Crippen molar-refractivity contribution in [3.8, 4) is 0 Å². The average Bonchev–Trinajstić information content (AvgIpc) is 3.03. The molecule has 1 heterocycles. The first-order chi connectivity index (χ1) is 14.1. The van der Waals surface area contributed by atoms with Gasteiger partial charge in [-0.3, -0.25) is 0 Å². The summed E-state index contributed by atoms with van der Waals surface area (Å²) < 4.78 is 1.88. The molecule has 0 nitrogen and oxygen atoms in total. The van der Waals surface area contributed by atoms with Crippen LogP contribution in [-0.2, 0) is 0 Å². The quantitative estimate of drug-likeness (QED) is 0.315. The number of rotatable bonds is 4. The Balaban J connectivity index is 3.11. The zero-order valence-corrected chi connectivity index (χ0v) is 31.1. The molecule has 0 saturated carbocycles. The van der Waals surface area contributed by atoms with Crippen molar-refractivity contribution in [3.05, 3.63) is 41.6 Å². The van der Waals surface area contributed by atoms with Crippen LogP contribution in [0.15, 0.2) is 36.0 Å². The predicted molar refractivity (Wildman–Crippen MR) is 163 cm³/mol. The molecular formula is C26H51GeSi5. The normalized spacial score (nSPS) is 18.5. The third kappa shape index (κ3) is 4.34. The maximum atomic E-state index is 3.17. The first-order valence-electron chi connectivity index (χ1n) is 12.5. The summed E-state index contributed by atoms with van der Waals surface area (Å²) in [5.41, 5.74) is 4.76. The van der Waals surface area contributed by atoms with Gasteiger partial charge in [-0.2, -0.15) is 0 Å². The van der Waals surface area contributed by atoms with E-state index in [1.807, 2.05) is 4.41 Å². The van der Waals surface area contributed by atoms with Crippen molar-refractivity contribution in [1.82, 2.24) is 0 Å². The van der Waals surface area contributed by atoms with Crippen LogP contribution in [0.1, 0.15) is 67.9 Å². The molecule has 0 unspecified atom stereocenters. The van der Waals surface area contributed by atoms with Gasteiger partial charge in [0, 0.05) is 0 Å². The van der Waals surface area contributed by atoms with Crippen LogP contribution in [0.25, 0.3) is 4.41 Å². The molecule has 0 saturated heterocycles. The average molecular weight is 577 g/mol. The summed E-state index contributed by atoms with van der Waals surface area (Å²) in [6.45, 7) is 39.1. The second-order valence-corrected chi connectivity index (χ2v) is 71.5. The number of hydrogen-bond acceptors (Lipinski definition) is 0. The molecule has 1 radical (unpaired) electrons. The van der Waals surface area contributed by atoms with E-state index in [0.717, 1.165) is 0 Å². The van der Waals surface area contributed by atoms with E-state index in [0.29, 0.717) is 15.1 Å². The van der Waals surface area contributed by atoms with E-state index in [4.69, 9.17) is 0 Å². The van der Waals surface area contributed by atoms with Crippen molar-refractivity contribution in [1.29, 1.82) is 0 Å². The molecule has 1 aromatic carbocycles. The van der Waals surface area contributed by atoms with Gasteiger partial charge in [0.05, 0.1) is 0 Å². The first-order valence-corrected chi connectivity index (χ1v) is 33.3. The Morgan fingerprint density at radius 3 is 1.41 bits per heavy atom. The van der Waals surface area contributed by atoms with Gasteiger partial charge in [0.2, 0.25) is 0 Å². The Morgan fingerprint density at radius 1 is 0.656 bits per heavy atom. The summed E-state index contributed by atoms with van der Waals surface area (Å²) in [5.74, 6) is -0.384. The summed E-state index contributed by atoms with van der Waals surface area (Å²) in [6, 6.07) is 11.6. The minimum atomic E-state index is -1.64. The van der Waals surface area contributed by atoms with Gasteiger partial charge >= 0.3 is 212 Å². The van der Waals surface area contributed by atoms with E-state index in [2.05, 4.69) is 138 Å². The van der Waals surface area contributed by atoms with Crippen LogP contribution in [0.2, 0.25) is 54.4 Å². The maximum absolute atomic E-state index is 3.17. The molecule has 0 amide bonds. The Bertz CT molecular complexity index is 878. The fraction of sp³-hybridized carbons (Fsp3) is 0.692. The van der Waals surface area contributed by atoms with Crippen molar-refractivity contribution in [2.24, 2.45) is 0 Å². The molecular weight excluding hydrogens is 525 g/mol. The molecule has 0 aromatic heterocycles. The Labute approximate surface area is 211 Å². The van der Waals surface area contributed by atoms with Crippen molar-refractivity contribution >= 4 is 54.0 Å². The summed E-state index contributed by atoms with van der Waals surface area (Å²) in [7, 11) is -4.54. The van der Waals surface area contributed by atoms with E-state index < -0.39 is 29.4 Å². The van der Waals surface area contributed by atoms with E-state index in [1.165, 1.54) is 0 Å². The monoisotopic (exact) mass is 577 g/mol. The zero-order valence-electron chi connectivity index (χ0n) is 24.0. The van der Waals surface area contributed by atoms with Crippen LogP contribution in [0.3, 0.4) is 0 Å². The zero-order chi connectivity index (χ0) is 25.2. The van der Waals surface area contributed by atoms with Crippen LogP contribution in [-0.4, -0.2) is 49.6 Å². The van der Waals surface area contributed by atoms with Crippen molar-refractivity contribution in [2.45, 2.75) is 117 Å². The van der Waals surface area contributed by atoms with Crippen molar-refractivity contribution in [3.63, 3.8) is 0 Å². The number of hydrogen-bond donors (Lipinski definition) is 0. The Kier molecular flexibility index (Phi) is 7.75. The SMILES string of the molecule is CC(C)(C)[Si](C)(C)[Si]1=[Ge][C](c2ccccc2)=C[Si]1([Si](C)(C)C(C)(C)C)[Si](C)(C)C(C)(C)C. The molecule has 1 aliphatic heterocycles. The third-order valence-corrected chi connectivity index (χ3v) is 133. The molecule has 0 fully saturated rings. The standard InChI is InChI=1S/C26H51GeSi5/c1-24(2,3)29(10,11)28-27-23(22-19-17-16-18-20-22)21-32(28,30(12,13)25(4,5)6)31(14,15)26(7,8)9/h16-21H,1-15H3. The topological polar surface area (TPSA) is 0 Å². The van der Waals surface area contributed by atoms with Crippen LogP contribution in [0.5, 0.6) is 0 Å². The first kappa shape index (κ1) is 28.8. The molecule has 0 aliphatic carbocycles. The second-order valence-electron chi connectivity index (χ2n) is 14.9. The molecule has 2 rings (SSSR count). The van der Waals surface area contributed by atoms with Gasteiger partial charge < -0.3 is 0 Å². The predicted octanol–water partition coefficient (Wildman–Crippen LogP) is 8.56. The van der Waals surface area contributed by atoms with Gasteiger partial charge in [0.25, 0.3) is 0 Å². The summed E-state index contributed by atoms with van der Waals surface area (Å²) >= 11 is -0.0673. The fourth-order valence-corrected chi connectivity index (χ4v) is 198. The molecule has 0 atom stereocenters. The Morgan fingerprint density at radius 2 is 1.06 bits per heavy atom. The fourth-order valence-electron chi connectivity index (χ4n) is 5.31. The molecule has 179 valence electrons. The number of benzene rings is 1. The van der Waals surface area contributed by atoms with Crippen LogP contribution in [0.4, 0.5) is 0 Å².